The summed E-state index contributed by atoms with van der Waals surface area (Å²) >= 11 is 0. The van der Waals surface area contributed by atoms with Crippen molar-refractivity contribution in [1.82, 2.24) is 5.16 Å². The molecule has 186 valence electrons. The summed E-state index contributed by atoms with van der Waals surface area (Å²) in [5.74, 6) is -0.369. The van der Waals surface area contributed by atoms with Crippen molar-refractivity contribution in [3.8, 4) is 11.3 Å². The molecule has 2 heterocycles. The highest BCUT2D eigenvalue weighted by Gasteiger charge is 2.51. The van der Waals surface area contributed by atoms with Crippen molar-refractivity contribution in [3.63, 3.8) is 0 Å². The number of nitrogens with one attached hydrogen (secondary N) is 1. The summed E-state index contributed by atoms with van der Waals surface area (Å²) in [5, 5.41) is 18.6. The zero-order valence-corrected chi connectivity index (χ0v) is 20.1. The van der Waals surface area contributed by atoms with Crippen molar-refractivity contribution >= 4 is 33.4 Å². The number of aromatic nitrogens is 1. The van der Waals surface area contributed by atoms with Crippen molar-refractivity contribution in [2.75, 3.05) is 12.0 Å². The van der Waals surface area contributed by atoms with Gasteiger partial charge < -0.3 is 24.1 Å². The van der Waals surface area contributed by atoms with Crippen LogP contribution in [0.2, 0.25) is 0 Å². The van der Waals surface area contributed by atoms with E-state index in [1.807, 2.05) is 49.4 Å². The number of nitrogens with zero attached hydrogens (tertiary/aromatic N) is 1. The first-order valence-corrected chi connectivity index (χ1v) is 12.1. The number of fused-ring (bicyclic) bond motifs is 3. The summed E-state index contributed by atoms with van der Waals surface area (Å²) in [6, 6.07) is 20.7. The number of benzene rings is 3. The number of hydrogen-bond donors (Lipinski definition) is 2. The maximum Gasteiger partial charge on any atom is 0.344 e. The van der Waals surface area contributed by atoms with Gasteiger partial charge in [0.25, 0.3) is 0 Å². The molecule has 1 fully saturated rings. The second kappa shape index (κ2) is 8.90. The van der Waals surface area contributed by atoms with Crippen LogP contribution in [-0.2, 0) is 14.9 Å². The Morgan fingerprint density at radius 2 is 1.86 bits per heavy atom. The quantitative estimate of drug-likeness (QED) is 0.156. The molecule has 6 rings (SSSR count). The third kappa shape index (κ3) is 4.05. The largest absolute Gasteiger partial charge is 0.481 e. The Kier molecular flexibility index (Phi) is 5.53. The van der Waals surface area contributed by atoms with Gasteiger partial charge >= 0.3 is 11.6 Å². The lowest BCUT2D eigenvalue weighted by Gasteiger charge is -2.14. The summed E-state index contributed by atoms with van der Waals surface area (Å²) in [6.45, 7) is 2.23. The van der Waals surface area contributed by atoms with Crippen molar-refractivity contribution in [2.45, 2.75) is 31.3 Å². The van der Waals surface area contributed by atoms with E-state index in [1.54, 1.807) is 30.5 Å². The highest BCUT2D eigenvalue weighted by Crippen LogP contribution is 2.49. The van der Waals surface area contributed by atoms with Crippen LogP contribution in [0.3, 0.4) is 0 Å². The van der Waals surface area contributed by atoms with Gasteiger partial charge in [0, 0.05) is 10.9 Å². The number of carbonyl (C=O) groups is 1. The summed E-state index contributed by atoms with van der Waals surface area (Å²) < 4.78 is 17.1. The normalized spacial score (nSPS) is 15.1. The maximum atomic E-state index is 12.9. The fourth-order valence-corrected chi connectivity index (χ4v) is 4.76. The minimum Gasteiger partial charge on any atom is -0.481 e. The fourth-order valence-electron chi connectivity index (χ4n) is 4.76. The van der Waals surface area contributed by atoms with Gasteiger partial charge in [0.05, 0.1) is 23.1 Å². The predicted octanol–water partition coefficient (Wildman–Crippen LogP) is 5.86. The minimum absolute atomic E-state index is 0.0916. The lowest BCUT2D eigenvalue weighted by molar-refractivity contribution is -0.140. The van der Waals surface area contributed by atoms with Gasteiger partial charge in [0.15, 0.2) is 5.76 Å². The molecule has 5 aromatic rings. The average molecular weight is 497 g/mol. The first-order valence-electron chi connectivity index (χ1n) is 12.1. The highest BCUT2D eigenvalue weighted by molar-refractivity contribution is 6.06. The first kappa shape index (κ1) is 23.0. The van der Waals surface area contributed by atoms with Crippen LogP contribution in [0.15, 0.2) is 86.7 Å². The number of carboxylic acid groups (broad SMARTS) is 1. The Morgan fingerprint density at radius 3 is 2.62 bits per heavy atom. The van der Waals surface area contributed by atoms with E-state index in [-0.39, 0.29) is 12.8 Å². The molecule has 0 spiro atoms. The number of carboxylic acids is 1. The van der Waals surface area contributed by atoms with E-state index in [9.17, 15) is 14.7 Å². The smallest absolute Gasteiger partial charge is 0.344 e. The zero-order valence-electron chi connectivity index (χ0n) is 20.1. The second-order valence-corrected chi connectivity index (χ2v) is 9.36. The Bertz CT molecular complexity index is 1680. The van der Waals surface area contributed by atoms with Crippen LogP contribution in [0.1, 0.15) is 37.0 Å². The van der Waals surface area contributed by atoms with E-state index in [1.165, 1.54) is 0 Å². The van der Waals surface area contributed by atoms with Gasteiger partial charge in [-0.05, 0) is 54.5 Å². The molecule has 37 heavy (non-hydrogen) atoms. The molecule has 1 atom stereocenters. The number of hydrogen-bond acceptors (Lipinski definition) is 7. The monoisotopic (exact) mass is 496 g/mol. The van der Waals surface area contributed by atoms with Crippen LogP contribution in [-0.4, -0.2) is 23.0 Å². The van der Waals surface area contributed by atoms with Gasteiger partial charge in [-0.25, -0.2) is 4.79 Å². The molecule has 1 saturated carbocycles. The summed E-state index contributed by atoms with van der Waals surface area (Å²) in [5.41, 5.74) is 2.05. The van der Waals surface area contributed by atoms with Gasteiger partial charge in [-0.2, -0.15) is 0 Å². The zero-order chi connectivity index (χ0) is 25.6. The van der Waals surface area contributed by atoms with Crippen LogP contribution in [0, 0.1) is 0 Å². The molecule has 0 amide bonds. The fraction of sp³-hybridized carbons (Fsp3) is 0.207. The molecule has 0 aliphatic heterocycles. The molecule has 2 N–H and O–H groups in total. The molecule has 1 aliphatic rings. The Hall–Kier alpha value is -4.43. The minimum atomic E-state index is -0.891. The third-order valence-electron chi connectivity index (χ3n) is 7.12. The van der Waals surface area contributed by atoms with Crippen molar-refractivity contribution < 1.29 is 23.6 Å². The number of rotatable bonds is 8. The van der Waals surface area contributed by atoms with E-state index >= 15 is 0 Å². The molecule has 3 aromatic carbocycles. The number of aliphatic carboxylic acids is 1. The van der Waals surface area contributed by atoms with Crippen LogP contribution >= 0.6 is 0 Å². The molecule has 0 bridgehead atoms. The van der Waals surface area contributed by atoms with Gasteiger partial charge in [0.1, 0.15) is 18.0 Å². The molecule has 2 aromatic heterocycles. The van der Waals surface area contributed by atoms with Crippen LogP contribution in [0.5, 0.6) is 0 Å². The molecule has 8 heteroatoms. The van der Waals surface area contributed by atoms with E-state index in [0.717, 1.165) is 10.9 Å². The van der Waals surface area contributed by atoms with Crippen LogP contribution in [0.25, 0.3) is 33.1 Å². The molecule has 0 radical (unpaired) electrons. The maximum absolute atomic E-state index is 12.9. The molecule has 1 unspecified atom stereocenters. The topological polar surface area (TPSA) is 115 Å². The summed E-state index contributed by atoms with van der Waals surface area (Å²) in [6.07, 6.45) is 2.62. The van der Waals surface area contributed by atoms with Crippen LogP contribution in [0.4, 0.5) is 5.69 Å². The van der Waals surface area contributed by atoms with Gasteiger partial charge in [-0.1, -0.05) is 53.7 Å². The first-order chi connectivity index (χ1) is 18.0. The van der Waals surface area contributed by atoms with Gasteiger partial charge in [-0.3, -0.25) is 4.79 Å². The van der Waals surface area contributed by atoms with Crippen molar-refractivity contribution in [3.05, 3.63) is 94.5 Å². The van der Waals surface area contributed by atoms with Gasteiger partial charge in [0.2, 0.25) is 0 Å². The Balaban J connectivity index is 1.27. The Morgan fingerprint density at radius 1 is 1.08 bits per heavy atom. The van der Waals surface area contributed by atoms with Crippen molar-refractivity contribution in [2.24, 2.45) is 0 Å². The highest BCUT2D eigenvalue weighted by atomic mass is 16.5. The molecular weight excluding hydrogens is 472 g/mol. The van der Waals surface area contributed by atoms with Crippen LogP contribution < -0.4 is 10.9 Å². The van der Waals surface area contributed by atoms with Gasteiger partial charge in [-0.15, -0.1) is 0 Å². The Labute approximate surface area is 211 Å². The average Bonchev–Trinajstić information content (AvgIpc) is 3.61. The number of ether oxygens (including phenoxy) is 1. The third-order valence-corrected chi connectivity index (χ3v) is 7.12. The summed E-state index contributed by atoms with van der Waals surface area (Å²) in [7, 11) is 0. The molecule has 1 aliphatic carbocycles. The number of anilines is 1. The predicted molar refractivity (Wildman–Crippen MR) is 138 cm³/mol. The SMILES string of the molecule is CC(OCNc1cnoc1-c1ccc2c(c1)oc(=O)c1cc(C3(C(=O)O)CC3)ccc12)c1ccccc1. The van der Waals surface area contributed by atoms with E-state index in [4.69, 9.17) is 13.7 Å². The molecule has 8 nitrogen and oxygen atoms in total. The lowest BCUT2D eigenvalue weighted by Crippen LogP contribution is -2.19. The molecular formula is C29H24N2O6. The van der Waals surface area contributed by atoms with Crippen molar-refractivity contribution in [1.29, 1.82) is 0 Å². The molecule has 0 saturated heterocycles. The van der Waals surface area contributed by atoms with E-state index in [0.29, 0.717) is 51.8 Å². The lowest BCUT2D eigenvalue weighted by atomic mass is 9.93. The second-order valence-electron chi connectivity index (χ2n) is 9.36. The standard InChI is InChI=1S/C29H24N2O6/c1-17(18-5-3-2-4-6-18)35-16-30-24-15-31-37-26(24)19-7-9-22-21-10-8-20(29(11-12-29)28(33)34)14-23(21)27(32)36-25(22)13-19/h2-10,13-15,17,30H,11-12,16H2,1H3,(H,33,34). The van der Waals surface area contributed by atoms with E-state index < -0.39 is 17.0 Å². The van der Waals surface area contributed by atoms with E-state index in [2.05, 4.69) is 10.5 Å². The summed E-state index contributed by atoms with van der Waals surface area (Å²) in [4.78, 5) is 24.6.